The molecular weight excluding hydrogens is 236 g/mol. The Hall–Kier alpha value is -0.160. The Balaban J connectivity index is 0. The summed E-state index contributed by atoms with van der Waals surface area (Å²) in [6.45, 7) is 3.27. The second kappa shape index (κ2) is 23.0. The van der Waals surface area contributed by atoms with Gasteiger partial charge in [0.15, 0.2) is 0 Å². The van der Waals surface area contributed by atoms with Crippen LogP contribution in [-0.2, 0) is 0 Å². The molecule has 0 aliphatic carbocycles. The number of unbranched alkanes of at least 4 members (excludes halogenated alkanes) is 9. The average molecular weight is 274 g/mol. The lowest BCUT2D eigenvalue weighted by Crippen LogP contribution is -2.03. The van der Waals surface area contributed by atoms with Gasteiger partial charge in [0.2, 0.25) is 0 Å². The summed E-state index contributed by atoms with van der Waals surface area (Å²) in [6, 6.07) is 0. The van der Waals surface area contributed by atoms with Crippen LogP contribution in [0, 0.1) is 0 Å². The zero-order chi connectivity index (χ0) is 14.6. The van der Waals surface area contributed by atoms with E-state index in [1.165, 1.54) is 57.8 Å². The zero-order valence-corrected chi connectivity index (χ0v) is 12.9. The van der Waals surface area contributed by atoms with Crippen LogP contribution in [0.15, 0.2) is 0 Å². The van der Waals surface area contributed by atoms with Crippen molar-refractivity contribution in [3.8, 4) is 0 Å². The van der Waals surface area contributed by atoms with E-state index < -0.39 is 0 Å². The molecule has 19 heavy (non-hydrogen) atoms. The Morgan fingerprint density at radius 1 is 0.263 bits per heavy atom. The highest BCUT2D eigenvalue weighted by Gasteiger charge is 1.91. The van der Waals surface area contributed by atoms with Crippen LogP contribution < -0.4 is 22.9 Å². The van der Waals surface area contributed by atoms with Crippen molar-refractivity contribution in [2.24, 2.45) is 22.9 Å². The first kappa shape index (κ1) is 21.1. The fraction of sp³-hybridized carbons (Fsp3) is 1.00. The van der Waals surface area contributed by atoms with Gasteiger partial charge in [0.05, 0.1) is 0 Å². The van der Waals surface area contributed by atoms with Crippen LogP contribution in [0.2, 0.25) is 0 Å². The first-order chi connectivity index (χ1) is 9.33. The van der Waals surface area contributed by atoms with E-state index in [2.05, 4.69) is 0 Å². The van der Waals surface area contributed by atoms with Crippen LogP contribution >= 0.6 is 0 Å². The zero-order valence-electron chi connectivity index (χ0n) is 12.9. The molecule has 0 aliphatic rings. The number of hydrogen-bond acceptors (Lipinski definition) is 4. The third kappa shape index (κ3) is 27.2. The second-order valence-electron chi connectivity index (χ2n) is 5.04. The summed E-state index contributed by atoms with van der Waals surface area (Å²) in [7, 11) is 0. The largest absolute Gasteiger partial charge is 0.330 e. The summed E-state index contributed by atoms with van der Waals surface area (Å²) < 4.78 is 0. The molecule has 0 bridgehead atoms. The van der Waals surface area contributed by atoms with Crippen LogP contribution in [0.1, 0.15) is 70.6 Å². The van der Waals surface area contributed by atoms with E-state index in [1.54, 1.807) is 0 Å². The Morgan fingerprint density at radius 3 is 0.632 bits per heavy atom. The van der Waals surface area contributed by atoms with Crippen LogP contribution in [0.5, 0.6) is 0 Å². The van der Waals surface area contributed by atoms with E-state index in [1.807, 2.05) is 0 Å². The Bertz CT molecular complexity index is 117. The molecule has 8 N–H and O–H groups in total. The molecule has 0 aliphatic heterocycles. The number of hydrogen-bond donors (Lipinski definition) is 4. The fourth-order valence-corrected chi connectivity index (χ4v) is 1.81. The maximum atomic E-state index is 5.41. The van der Waals surface area contributed by atoms with E-state index in [0.717, 1.165) is 39.0 Å². The van der Waals surface area contributed by atoms with Crippen molar-refractivity contribution in [1.29, 1.82) is 0 Å². The van der Waals surface area contributed by atoms with Crippen molar-refractivity contribution in [2.45, 2.75) is 70.6 Å². The molecule has 4 nitrogen and oxygen atoms in total. The van der Waals surface area contributed by atoms with Gasteiger partial charge < -0.3 is 22.9 Å². The van der Waals surface area contributed by atoms with E-state index in [-0.39, 0.29) is 0 Å². The van der Waals surface area contributed by atoms with Crippen molar-refractivity contribution >= 4 is 0 Å². The number of nitrogens with two attached hydrogens (primary N) is 4. The lowest BCUT2D eigenvalue weighted by Gasteiger charge is -2.00. The third-order valence-corrected chi connectivity index (χ3v) is 3.07. The lowest BCUT2D eigenvalue weighted by molar-refractivity contribution is 0.562. The molecule has 0 unspecified atom stereocenters. The Morgan fingerprint density at radius 2 is 0.421 bits per heavy atom. The molecule has 0 aromatic rings. The van der Waals surface area contributed by atoms with Crippen LogP contribution in [0.25, 0.3) is 0 Å². The molecule has 0 saturated carbocycles. The molecule has 0 heterocycles. The van der Waals surface area contributed by atoms with Gasteiger partial charge in [0, 0.05) is 0 Å². The summed E-state index contributed by atoms with van der Waals surface area (Å²) in [4.78, 5) is 0. The minimum Gasteiger partial charge on any atom is -0.330 e. The maximum absolute atomic E-state index is 5.41. The first-order valence-corrected chi connectivity index (χ1v) is 8.13. The topological polar surface area (TPSA) is 104 Å². The predicted molar refractivity (Wildman–Crippen MR) is 87.0 cm³/mol. The number of rotatable bonds is 13. The van der Waals surface area contributed by atoms with Gasteiger partial charge in [-0.3, -0.25) is 0 Å². The van der Waals surface area contributed by atoms with Gasteiger partial charge in [-0.1, -0.05) is 44.9 Å². The molecule has 0 spiro atoms. The smallest absolute Gasteiger partial charge is 0.00768 e. The summed E-state index contributed by atoms with van der Waals surface area (Å²) >= 11 is 0. The quantitative estimate of drug-likeness (QED) is 0.386. The Kier molecular flexibility index (Phi) is 25.6. The van der Waals surface area contributed by atoms with Crippen molar-refractivity contribution in [3.05, 3.63) is 0 Å². The van der Waals surface area contributed by atoms with Crippen LogP contribution in [0.4, 0.5) is 0 Å². The average Bonchev–Trinajstić information content (AvgIpc) is 2.44. The second-order valence-corrected chi connectivity index (χ2v) is 5.04. The molecular formula is C15H38N4. The van der Waals surface area contributed by atoms with Gasteiger partial charge in [0.1, 0.15) is 0 Å². The van der Waals surface area contributed by atoms with Gasteiger partial charge in [-0.25, -0.2) is 0 Å². The molecule has 0 radical (unpaired) electrons. The molecule has 0 saturated heterocycles. The monoisotopic (exact) mass is 274 g/mol. The van der Waals surface area contributed by atoms with Crippen LogP contribution in [-0.4, -0.2) is 26.2 Å². The first-order valence-electron chi connectivity index (χ1n) is 8.13. The molecule has 0 fully saturated rings. The molecule has 0 rings (SSSR count). The Labute approximate surface area is 120 Å². The molecule has 0 aromatic heterocycles. The van der Waals surface area contributed by atoms with Gasteiger partial charge >= 0.3 is 0 Å². The van der Waals surface area contributed by atoms with E-state index in [4.69, 9.17) is 22.9 Å². The normalized spacial score (nSPS) is 10.1. The SMILES string of the molecule is NCCCCCCCCCCCN.NCCCCN. The summed E-state index contributed by atoms with van der Waals surface area (Å²) in [5.74, 6) is 0. The van der Waals surface area contributed by atoms with E-state index in [9.17, 15) is 0 Å². The minimum absolute atomic E-state index is 0.775. The van der Waals surface area contributed by atoms with Crippen molar-refractivity contribution < 1.29 is 0 Å². The lowest BCUT2D eigenvalue weighted by atomic mass is 10.1. The summed E-state index contributed by atoms with van der Waals surface area (Å²) in [6.07, 6.45) is 14.1. The minimum atomic E-state index is 0.775. The molecule has 0 aromatic carbocycles. The van der Waals surface area contributed by atoms with Crippen molar-refractivity contribution in [1.82, 2.24) is 0 Å². The maximum Gasteiger partial charge on any atom is -0.00768 e. The van der Waals surface area contributed by atoms with E-state index in [0.29, 0.717) is 0 Å². The van der Waals surface area contributed by atoms with Gasteiger partial charge in [-0.05, 0) is 51.9 Å². The highest BCUT2D eigenvalue weighted by atomic mass is 14.5. The molecule has 0 amide bonds. The van der Waals surface area contributed by atoms with Gasteiger partial charge in [-0.15, -0.1) is 0 Å². The van der Waals surface area contributed by atoms with Gasteiger partial charge in [0.25, 0.3) is 0 Å². The van der Waals surface area contributed by atoms with Crippen molar-refractivity contribution in [2.75, 3.05) is 26.2 Å². The predicted octanol–water partition coefficient (Wildman–Crippen LogP) is 2.10. The molecule has 4 heteroatoms. The van der Waals surface area contributed by atoms with E-state index >= 15 is 0 Å². The van der Waals surface area contributed by atoms with Crippen LogP contribution in [0.3, 0.4) is 0 Å². The fourth-order valence-electron chi connectivity index (χ4n) is 1.81. The highest BCUT2D eigenvalue weighted by molar-refractivity contribution is 4.48. The molecule has 0 atom stereocenters. The summed E-state index contributed by atoms with van der Waals surface area (Å²) in [5.41, 5.74) is 21.1. The third-order valence-electron chi connectivity index (χ3n) is 3.07. The van der Waals surface area contributed by atoms with Gasteiger partial charge in [-0.2, -0.15) is 0 Å². The highest BCUT2D eigenvalue weighted by Crippen LogP contribution is 2.08. The van der Waals surface area contributed by atoms with Crippen molar-refractivity contribution in [3.63, 3.8) is 0 Å². The summed E-state index contributed by atoms with van der Waals surface area (Å²) in [5, 5.41) is 0. The standard InChI is InChI=1S/C11H26N2.C4H12N2/c12-10-8-6-4-2-1-3-5-7-9-11-13;5-3-1-2-4-6/h1-13H2;1-6H2. The molecule has 118 valence electrons.